The van der Waals surface area contributed by atoms with E-state index in [1.54, 1.807) is 12.1 Å². The maximum absolute atomic E-state index is 12.3. The predicted molar refractivity (Wildman–Crippen MR) is 86.7 cm³/mol. The third-order valence-corrected chi connectivity index (χ3v) is 4.37. The van der Waals surface area contributed by atoms with Crippen LogP contribution in [0.4, 0.5) is 5.13 Å². The molecule has 1 aliphatic heterocycles. The third-order valence-electron chi connectivity index (χ3n) is 3.27. The van der Waals surface area contributed by atoms with Gasteiger partial charge in [-0.3, -0.25) is 10.1 Å². The highest BCUT2D eigenvalue weighted by Crippen LogP contribution is 2.31. The second-order valence-corrected chi connectivity index (χ2v) is 7.15. The molecule has 0 radical (unpaired) electrons. The fourth-order valence-corrected chi connectivity index (χ4v) is 3.43. The van der Waals surface area contributed by atoms with Gasteiger partial charge in [0.25, 0.3) is 5.91 Å². The van der Waals surface area contributed by atoms with Crippen LogP contribution in [0.15, 0.2) is 18.2 Å². The van der Waals surface area contributed by atoms with Gasteiger partial charge in [0, 0.05) is 17.9 Å². The Morgan fingerprint density at radius 3 is 3.09 bits per heavy atom. The van der Waals surface area contributed by atoms with E-state index in [-0.39, 0.29) is 5.91 Å². The molecule has 1 aliphatic rings. The van der Waals surface area contributed by atoms with Gasteiger partial charge in [0.15, 0.2) is 6.10 Å². The van der Waals surface area contributed by atoms with Crippen molar-refractivity contribution >= 4 is 34.0 Å². The molecule has 1 atom stereocenters. The van der Waals surface area contributed by atoms with Crippen LogP contribution in [-0.2, 0) is 17.6 Å². The number of rotatable bonds is 4. The first-order valence-corrected chi connectivity index (χ1v) is 8.29. The number of nitrogens with zero attached hydrogens (tertiary/aromatic N) is 2. The summed E-state index contributed by atoms with van der Waals surface area (Å²) in [6.45, 7) is 4.24. The zero-order valence-corrected chi connectivity index (χ0v) is 13.9. The molecule has 1 amide bonds. The lowest BCUT2D eigenvalue weighted by molar-refractivity contribution is -0.122. The van der Waals surface area contributed by atoms with E-state index < -0.39 is 6.10 Å². The zero-order valence-electron chi connectivity index (χ0n) is 12.3. The van der Waals surface area contributed by atoms with Gasteiger partial charge in [-0.1, -0.05) is 36.8 Å². The molecule has 2 heterocycles. The number of aromatic nitrogens is 2. The minimum Gasteiger partial charge on any atom is -0.480 e. The summed E-state index contributed by atoms with van der Waals surface area (Å²) in [6, 6.07) is 5.37. The van der Waals surface area contributed by atoms with E-state index in [1.165, 1.54) is 11.3 Å². The van der Waals surface area contributed by atoms with Crippen molar-refractivity contribution in [2.75, 3.05) is 5.32 Å². The molecule has 1 aromatic heterocycles. The molecule has 1 aromatic carbocycles. The Bertz CT molecular complexity index is 702. The van der Waals surface area contributed by atoms with Gasteiger partial charge in [0.2, 0.25) is 5.13 Å². The average Bonchev–Trinajstić information content (AvgIpc) is 3.04. The van der Waals surface area contributed by atoms with Crippen LogP contribution in [0.25, 0.3) is 0 Å². The van der Waals surface area contributed by atoms with Crippen LogP contribution >= 0.6 is 22.9 Å². The quantitative estimate of drug-likeness (QED) is 0.929. The van der Waals surface area contributed by atoms with Gasteiger partial charge in [0.05, 0.1) is 0 Å². The van der Waals surface area contributed by atoms with Gasteiger partial charge < -0.3 is 4.74 Å². The summed E-state index contributed by atoms with van der Waals surface area (Å²) in [4.78, 5) is 12.3. The molecule has 0 saturated carbocycles. The topological polar surface area (TPSA) is 64.1 Å². The molecule has 0 spiro atoms. The van der Waals surface area contributed by atoms with Crippen LogP contribution in [-0.4, -0.2) is 22.2 Å². The fraction of sp³-hybridized carbons (Fsp3) is 0.400. The Labute approximate surface area is 137 Å². The number of fused-ring (bicyclic) bond motifs is 1. The zero-order chi connectivity index (χ0) is 15.7. The summed E-state index contributed by atoms with van der Waals surface area (Å²) in [5.41, 5.74) is 0.949. The van der Waals surface area contributed by atoms with Crippen molar-refractivity contribution in [1.29, 1.82) is 0 Å². The van der Waals surface area contributed by atoms with Crippen molar-refractivity contribution < 1.29 is 9.53 Å². The number of benzene rings is 1. The van der Waals surface area contributed by atoms with E-state index in [1.807, 2.05) is 6.07 Å². The van der Waals surface area contributed by atoms with Crippen molar-refractivity contribution in [2.24, 2.45) is 5.92 Å². The first kappa shape index (κ1) is 15.2. The Hall–Kier alpha value is -1.66. The molecule has 7 heteroatoms. The van der Waals surface area contributed by atoms with Crippen molar-refractivity contribution in [2.45, 2.75) is 32.8 Å². The third kappa shape index (κ3) is 3.39. The van der Waals surface area contributed by atoms with Crippen molar-refractivity contribution in [3.8, 4) is 5.75 Å². The number of anilines is 1. The number of ether oxygens (including phenoxy) is 1. The maximum atomic E-state index is 12.3. The lowest BCUT2D eigenvalue weighted by Crippen LogP contribution is -2.31. The largest absolute Gasteiger partial charge is 0.480 e. The number of carbonyl (C=O) groups excluding carboxylic acids is 1. The molecular formula is C15H16ClN3O2S. The molecule has 0 unspecified atom stereocenters. The Morgan fingerprint density at radius 1 is 1.50 bits per heavy atom. The standard InChI is InChI=1S/C15H16ClN3O2S/c1-8(2)5-13-18-19-15(22-13)17-14(20)12-7-9-6-10(16)3-4-11(9)21-12/h3-4,6,8,12H,5,7H2,1-2H3,(H,17,19,20)/t12-/m1/s1. The van der Waals surface area contributed by atoms with Crippen LogP contribution in [0.2, 0.25) is 5.02 Å². The van der Waals surface area contributed by atoms with Gasteiger partial charge in [-0.2, -0.15) is 0 Å². The molecule has 22 heavy (non-hydrogen) atoms. The van der Waals surface area contributed by atoms with Crippen LogP contribution in [0.1, 0.15) is 24.4 Å². The van der Waals surface area contributed by atoms with Gasteiger partial charge in [0.1, 0.15) is 10.8 Å². The number of nitrogens with one attached hydrogen (secondary N) is 1. The second-order valence-electron chi connectivity index (χ2n) is 5.65. The monoisotopic (exact) mass is 337 g/mol. The van der Waals surface area contributed by atoms with Gasteiger partial charge in [-0.15, -0.1) is 10.2 Å². The van der Waals surface area contributed by atoms with E-state index >= 15 is 0 Å². The Morgan fingerprint density at radius 2 is 2.32 bits per heavy atom. The summed E-state index contributed by atoms with van der Waals surface area (Å²) in [5, 5.41) is 12.9. The lowest BCUT2D eigenvalue weighted by atomic mass is 10.1. The highest BCUT2D eigenvalue weighted by molar-refractivity contribution is 7.15. The molecular weight excluding hydrogens is 322 g/mol. The number of hydrogen-bond acceptors (Lipinski definition) is 5. The molecule has 1 N–H and O–H groups in total. The molecule has 0 bridgehead atoms. The molecule has 0 fully saturated rings. The van der Waals surface area contributed by atoms with Crippen molar-refractivity contribution in [1.82, 2.24) is 10.2 Å². The first-order valence-electron chi connectivity index (χ1n) is 7.09. The van der Waals surface area contributed by atoms with E-state index in [2.05, 4.69) is 29.4 Å². The van der Waals surface area contributed by atoms with Crippen molar-refractivity contribution in [3.05, 3.63) is 33.8 Å². The van der Waals surface area contributed by atoms with Gasteiger partial charge >= 0.3 is 0 Å². The highest BCUT2D eigenvalue weighted by atomic mass is 35.5. The van der Waals surface area contributed by atoms with Crippen LogP contribution < -0.4 is 10.1 Å². The summed E-state index contributed by atoms with van der Waals surface area (Å²) in [5.74, 6) is 1.01. The van der Waals surface area contributed by atoms with Crippen LogP contribution in [0, 0.1) is 5.92 Å². The SMILES string of the molecule is CC(C)Cc1nnc(NC(=O)[C@H]2Cc3cc(Cl)ccc3O2)s1. The molecule has 0 saturated heterocycles. The second kappa shape index (κ2) is 6.22. The lowest BCUT2D eigenvalue weighted by Gasteiger charge is -2.08. The molecule has 3 rings (SSSR count). The number of amides is 1. The summed E-state index contributed by atoms with van der Waals surface area (Å²) in [7, 11) is 0. The summed E-state index contributed by atoms with van der Waals surface area (Å²) < 4.78 is 5.65. The molecule has 2 aromatic rings. The molecule has 116 valence electrons. The smallest absolute Gasteiger partial charge is 0.267 e. The highest BCUT2D eigenvalue weighted by Gasteiger charge is 2.29. The van der Waals surface area contributed by atoms with Gasteiger partial charge in [-0.25, -0.2) is 0 Å². The Kier molecular flexibility index (Phi) is 4.31. The van der Waals surface area contributed by atoms with E-state index in [0.29, 0.717) is 28.2 Å². The van der Waals surface area contributed by atoms with E-state index in [0.717, 1.165) is 17.0 Å². The summed E-state index contributed by atoms with van der Waals surface area (Å²) >= 11 is 7.36. The number of carbonyl (C=O) groups is 1. The fourth-order valence-electron chi connectivity index (χ4n) is 2.29. The van der Waals surface area contributed by atoms with Crippen LogP contribution in [0.5, 0.6) is 5.75 Å². The normalized spacial score (nSPS) is 16.5. The minimum absolute atomic E-state index is 0.209. The van der Waals surface area contributed by atoms with Gasteiger partial charge in [-0.05, 0) is 29.7 Å². The maximum Gasteiger partial charge on any atom is 0.267 e. The summed E-state index contributed by atoms with van der Waals surface area (Å²) in [6.07, 6.45) is 0.822. The number of hydrogen-bond donors (Lipinski definition) is 1. The van der Waals surface area contributed by atoms with Crippen LogP contribution in [0.3, 0.4) is 0 Å². The van der Waals surface area contributed by atoms with E-state index in [9.17, 15) is 4.79 Å². The van der Waals surface area contributed by atoms with Crippen molar-refractivity contribution in [3.63, 3.8) is 0 Å². The minimum atomic E-state index is -0.550. The average molecular weight is 338 g/mol. The molecule has 0 aliphatic carbocycles. The predicted octanol–water partition coefficient (Wildman–Crippen LogP) is 3.33. The number of halogens is 1. The molecule has 5 nitrogen and oxygen atoms in total. The van der Waals surface area contributed by atoms with E-state index in [4.69, 9.17) is 16.3 Å². The Balaban J connectivity index is 1.63. The first-order chi connectivity index (χ1) is 10.5.